The summed E-state index contributed by atoms with van der Waals surface area (Å²) >= 11 is 0. The third-order valence-corrected chi connectivity index (χ3v) is 5.65. The van der Waals surface area contributed by atoms with Crippen molar-refractivity contribution in [2.75, 3.05) is 11.9 Å². The number of nitrogens with zero attached hydrogens (tertiary/aromatic N) is 5. The van der Waals surface area contributed by atoms with Gasteiger partial charge in [0.15, 0.2) is 0 Å². The predicted octanol–water partition coefficient (Wildman–Crippen LogP) is 3.33. The molecule has 0 saturated carbocycles. The lowest BCUT2D eigenvalue weighted by Gasteiger charge is -2.27. The van der Waals surface area contributed by atoms with E-state index in [4.69, 9.17) is 14.9 Å². The molecule has 30 heavy (non-hydrogen) atoms. The fourth-order valence-electron chi connectivity index (χ4n) is 4.22. The molecule has 3 aromatic rings. The molecule has 0 bridgehead atoms. The minimum Gasteiger partial charge on any atom is -0.364 e. The molecule has 4 heterocycles. The van der Waals surface area contributed by atoms with Crippen LogP contribution in [0.25, 0.3) is 11.4 Å². The number of rotatable bonds is 1. The largest absolute Gasteiger partial charge is 0.364 e. The summed E-state index contributed by atoms with van der Waals surface area (Å²) in [7, 11) is 0. The first-order valence-corrected chi connectivity index (χ1v) is 9.81. The summed E-state index contributed by atoms with van der Waals surface area (Å²) in [5, 5.41) is 20.8. The summed E-state index contributed by atoms with van der Waals surface area (Å²) in [6, 6.07) is 5.42. The Balaban J connectivity index is 1.43. The quantitative estimate of drug-likeness (QED) is 0.668. The fourth-order valence-corrected chi connectivity index (χ4v) is 4.22. The lowest BCUT2D eigenvalue weighted by Crippen LogP contribution is -2.38. The number of nitriles is 1. The van der Waals surface area contributed by atoms with Gasteiger partial charge in [0, 0.05) is 36.3 Å². The zero-order valence-electron chi connectivity index (χ0n) is 16.4. The van der Waals surface area contributed by atoms with Crippen LogP contribution in [0.4, 0.5) is 14.9 Å². The summed E-state index contributed by atoms with van der Waals surface area (Å²) in [4.78, 5) is 14.5. The summed E-state index contributed by atoms with van der Waals surface area (Å²) in [5.74, 6) is -0.212. The number of carbonyl (C=O) groups is 1. The number of hydrogen-bond acceptors (Lipinski definition) is 5. The van der Waals surface area contributed by atoms with E-state index in [0.29, 0.717) is 31.1 Å². The highest BCUT2D eigenvalue weighted by molar-refractivity contribution is 5.89. The van der Waals surface area contributed by atoms with Gasteiger partial charge < -0.3 is 14.7 Å². The number of hydrogen-bond donors (Lipinski definition) is 1. The van der Waals surface area contributed by atoms with E-state index in [1.165, 1.54) is 18.2 Å². The molecule has 152 valence electrons. The molecule has 2 amide bonds. The molecule has 1 N–H and O–H groups in total. The highest BCUT2D eigenvalue weighted by Crippen LogP contribution is 2.35. The Labute approximate surface area is 171 Å². The average Bonchev–Trinajstić information content (AvgIpc) is 3.29. The number of nitrogens with one attached hydrogen (secondary N) is 1. The van der Waals surface area contributed by atoms with E-state index in [2.05, 4.69) is 17.4 Å². The first kappa shape index (κ1) is 18.4. The van der Waals surface area contributed by atoms with Crippen molar-refractivity contribution in [3.63, 3.8) is 0 Å². The Hall–Kier alpha value is -3.67. The molecule has 0 saturated heterocycles. The second-order valence-electron chi connectivity index (χ2n) is 7.86. The van der Waals surface area contributed by atoms with E-state index in [1.54, 1.807) is 17.2 Å². The van der Waals surface area contributed by atoms with Crippen molar-refractivity contribution in [2.45, 2.75) is 32.9 Å². The molecule has 2 aliphatic rings. The van der Waals surface area contributed by atoms with Gasteiger partial charge in [0.25, 0.3) is 0 Å². The minimum absolute atomic E-state index is 0.108. The van der Waals surface area contributed by atoms with Crippen LogP contribution in [0.2, 0.25) is 0 Å². The molecule has 9 heteroatoms. The first-order chi connectivity index (χ1) is 14.5. The number of amides is 2. The first-order valence-electron chi connectivity index (χ1n) is 9.81. The monoisotopic (exact) mass is 406 g/mol. The summed E-state index contributed by atoms with van der Waals surface area (Å²) in [5.41, 5.74) is 5.01. The molecule has 0 fully saturated rings. The zero-order valence-corrected chi connectivity index (χ0v) is 16.4. The molecule has 5 rings (SSSR count). The van der Waals surface area contributed by atoms with Crippen molar-refractivity contribution < 1.29 is 13.7 Å². The molecular weight excluding hydrogens is 387 g/mol. The van der Waals surface area contributed by atoms with Gasteiger partial charge in [-0.25, -0.2) is 9.18 Å². The Kier molecular flexibility index (Phi) is 4.28. The van der Waals surface area contributed by atoms with Gasteiger partial charge in [-0.15, -0.1) is 0 Å². The van der Waals surface area contributed by atoms with Crippen LogP contribution < -0.4 is 5.32 Å². The molecular formula is C21H19FN6O2. The third kappa shape index (κ3) is 3.01. The van der Waals surface area contributed by atoms with E-state index < -0.39 is 5.82 Å². The van der Waals surface area contributed by atoms with Gasteiger partial charge in [-0.05, 0) is 30.5 Å². The van der Waals surface area contributed by atoms with Gasteiger partial charge >= 0.3 is 6.03 Å². The molecule has 1 aromatic carbocycles. The molecule has 2 aromatic heterocycles. The maximum Gasteiger partial charge on any atom is 0.322 e. The van der Waals surface area contributed by atoms with Gasteiger partial charge in [-0.2, -0.15) is 10.4 Å². The number of aromatic nitrogens is 3. The van der Waals surface area contributed by atoms with Crippen LogP contribution in [0.3, 0.4) is 0 Å². The molecule has 0 spiro atoms. The SMILES string of the molecule is C[C@@H]1Cc2conc2-c2c3c(nn2C1)CCN(C(=O)Nc1ccc(F)c(C#N)c1)C3. The van der Waals surface area contributed by atoms with Crippen molar-refractivity contribution in [2.24, 2.45) is 5.92 Å². The topological polar surface area (TPSA) is 100.0 Å². The molecule has 0 radical (unpaired) electrons. The Morgan fingerprint density at radius 1 is 1.43 bits per heavy atom. The molecule has 1 atom stereocenters. The van der Waals surface area contributed by atoms with Crippen LogP contribution in [-0.2, 0) is 25.9 Å². The molecule has 8 nitrogen and oxygen atoms in total. The number of anilines is 1. The van der Waals surface area contributed by atoms with E-state index in [1.807, 2.05) is 4.68 Å². The van der Waals surface area contributed by atoms with Crippen molar-refractivity contribution in [1.82, 2.24) is 19.8 Å². The number of carbonyl (C=O) groups excluding carboxylic acids is 1. The maximum atomic E-state index is 13.5. The number of halogens is 1. The highest BCUT2D eigenvalue weighted by atomic mass is 19.1. The summed E-state index contributed by atoms with van der Waals surface area (Å²) in [6.45, 7) is 3.87. The van der Waals surface area contributed by atoms with Crippen molar-refractivity contribution >= 4 is 11.7 Å². The Morgan fingerprint density at radius 3 is 3.13 bits per heavy atom. The van der Waals surface area contributed by atoms with Crippen molar-refractivity contribution in [3.8, 4) is 17.5 Å². The fraction of sp³-hybridized carbons (Fsp3) is 0.333. The smallest absolute Gasteiger partial charge is 0.322 e. The minimum atomic E-state index is -0.613. The van der Waals surface area contributed by atoms with Gasteiger partial charge in [0.05, 0.1) is 23.5 Å². The van der Waals surface area contributed by atoms with E-state index in [9.17, 15) is 9.18 Å². The maximum absolute atomic E-state index is 13.5. The number of benzene rings is 1. The van der Waals surface area contributed by atoms with Crippen LogP contribution in [0.1, 0.15) is 29.3 Å². The predicted molar refractivity (Wildman–Crippen MR) is 105 cm³/mol. The second kappa shape index (κ2) is 6.99. The van der Waals surface area contributed by atoms with E-state index >= 15 is 0 Å². The lowest BCUT2D eigenvalue weighted by molar-refractivity contribution is 0.206. The van der Waals surface area contributed by atoms with Crippen LogP contribution in [0, 0.1) is 23.1 Å². The van der Waals surface area contributed by atoms with Crippen LogP contribution in [0.15, 0.2) is 29.0 Å². The van der Waals surface area contributed by atoms with Gasteiger partial charge in [-0.1, -0.05) is 12.1 Å². The van der Waals surface area contributed by atoms with Crippen LogP contribution in [0.5, 0.6) is 0 Å². The van der Waals surface area contributed by atoms with Crippen molar-refractivity contribution in [3.05, 3.63) is 52.7 Å². The Bertz CT molecular complexity index is 1190. The molecule has 0 unspecified atom stereocenters. The molecule has 2 aliphatic heterocycles. The van der Waals surface area contributed by atoms with E-state index in [-0.39, 0.29) is 11.6 Å². The van der Waals surface area contributed by atoms with Crippen LogP contribution in [-0.4, -0.2) is 32.4 Å². The normalized spacial score (nSPS) is 17.4. The van der Waals surface area contributed by atoms with Gasteiger partial charge in [0.1, 0.15) is 23.8 Å². The summed E-state index contributed by atoms with van der Waals surface area (Å²) in [6.07, 6.45) is 3.19. The third-order valence-electron chi connectivity index (χ3n) is 5.65. The van der Waals surface area contributed by atoms with Crippen LogP contribution >= 0.6 is 0 Å². The standard InChI is InChI=1S/C21H19FN6O2/c1-12-6-14-11-30-26-19(14)20-16-10-27(5-4-18(16)25-28(20)9-12)21(29)24-15-2-3-17(22)13(7-15)8-23/h2-3,7,11-12H,4-6,9-10H2,1H3,(H,24,29)/t12-/m1/s1. The number of fused-ring (bicyclic) bond motifs is 5. The van der Waals surface area contributed by atoms with E-state index in [0.717, 1.165) is 41.2 Å². The van der Waals surface area contributed by atoms with Crippen molar-refractivity contribution in [1.29, 1.82) is 5.26 Å². The average molecular weight is 406 g/mol. The van der Waals surface area contributed by atoms with Gasteiger partial charge in [-0.3, -0.25) is 4.68 Å². The van der Waals surface area contributed by atoms with Gasteiger partial charge in [0.2, 0.25) is 0 Å². The molecule has 0 aliphatic carbocycles. The lowest BCUT2D eigenvalue weighted by atomic mass is 10.00. The highest BCUT2D eigenvalue weighted by Gasteiger charge is 2.32. The number of urea groups is 1. The summed E-state index contributed by atoms with van der Waals surface area (Å²) < 4.78 is 20.8. The Morgan fingerprint density at radius 2 is 2.30 bits per heavy atom. The second-order valence-corrected chi connectivity index (χ2v) is 7.86. The zero-order chi connectivity index (χ0) is 20.8.